The van der Waals surface area contributed by atoms with Gasteiger partial charge in [-0.2, -0.15) is 0 Å². The monoisotopic (exact) mass is 510 g/mol. The van der Waals surface area contributed by atoms with Gasteiger partial charge < -0.3 is 30.5 Å². The van der Waals surface area contributed by atoms with Crippen LogP contribution in [-0.2, 0) is 9.53 Å². The van der Waals surface area contributed by atoms with E-state index in [1.807, 2.05) is 89.2 Å². The van der Waals surface area contributed by atoms with Crippen LogP contribution in [0.2, 0.25) is 0 Å². The van der Waals surface area contributed by atoms with E-state index in [9.17, 15) is 9.90 Å². The molecule has 3 aromatic rings. The molecular weight excluding hydrogens is 468 g/mol. The molecule has 0 aliphatic rings. The minimum Gasteiger partial charge on any atom is -0.491 e. The number of furan rings is 1. The molecule has 0 amide bonds. The van der Waals surface area contributed by atoms with Crippen LogP contribution in [0, 0.1) is 5.41 Å². The van der Waals surface area contributed by atoms with E-state index in [-0.39, 0.29) is 19.2 Å². The average molecular weight is 511 g/mol. The zero-order valence-corrected chi connectivity index (χ0v) is 22.8. The van der Waals surface area contributed by atoms with Crippen LogP contribution < -0.4 is 16.2 Å². The van der Waals surface area contributed by atoms with Gasteiger partial charge in [0.05, 0.1) is 18.1 Å². The van der Waals surface area contributed by atoms with Gasteiger partial charge in [0.15, 0.2) is 0 Å². The van der Waals surface area contributed by atoms with E-state index in [4.69, 9.17) is 25.4 Å². The summed E-state index contributed by atoms with van der Waals surface area (Å²) in [6, 6.07) is 17.6. The molecule has 202 valence electrons. The molecule has 0 bridgehead atoms. The highest BCUT2D eigenvalue weighted by atomic mass is 16.5. The van der Waals surface area contributed by atoms with Gasteiger partial charge in [-0.25, -0.2) is 0 Å². The number of fused-ring (bicyclic) bond motifs is 1. The van der Waals surface area contributed by atoms with Crippen molar-refractivity contribution in [3.05, 3.63) is 54.6 Å². The quantitative estimate of drug-likeness (QED) is 0.207. The van der Waals surface area contributed by atoms with Crippen molar-refractivity contribution < 1.29 is 23.8 Å². The topological polar surface area (TPSA) is 121 Å². The lowest BCUT2D eigenvalue weighted by Gasteiger charge is -2.42. The lowest BCUT2D eigenvalue weighted by molar-refractivity contribution is -0.160. The minimum atomic E-state index is -0.907. The fourth-order valence-corrected chi connectivity index (χ4v) is 4.40. The summed E-state index contributed by atoms with van der Waals surface area (Å²) in [5.41, 5.74) is 12.0. The molecule has 1 heterocycles. The lowest BCUT2D eigenvalue weighted by Crippen LogP contribution is -2.58. The maximum Gasteiger partial charge on any atom is 0.313 e. The average Bonchev–Trinajstić information content (AvgIpc) is 3.24. The molecule has 7 heteroatoms. The zero-order valence-electron chi connectivity index (χ0n) is 22.8. The SMILES string of the molecule is CC(C)(N)CC(C)(C(=O)OCCCCC(O)COc1ccc2cc(-c3ccccc3)oc2c1)C(C)(C)N. The molecule has 7 nitrogen and oxygen atoms in total. The van der Waals surface area contributed by atoms with Crippen molar-refractivity contribution in [1.29, 1.82) is 0 Å². The first-order chi connectivity index (χ1) is 17.3. The number of unbranched alkanes of at least 4 members (excludes halogenated alkanes) is 1. The number of aliphatic hydroxyl groups is 1. The maximum atomic E-state index is 12.9. The van der Waals surface area contributed by atoms with Gasteiger partial charge in [0, 0.05) is 28.1 Å². The van der Waals surface area contributed by atoms with Crippen molar-refractivity contribution in [1.82, 2.24) is 0 Å². The minimum absolute atomic E-state index is 0.169. The number of benzene rings is 2. The first-order valence-corrected chi connectivity index (χ1v) is 12.9. The second-order valence-electron chi connectivity index (χ2n) is 11.5. The van der Waals surface area contributed by atoms with Gasteiger partial charge in [-0.3, -0.25) is 4.79 Å². The van der Waals surface area contributed by atoms with Crippen molar-refractivity contribution in [2.24, 2.45) is 16.9 Å². The highest BCUT2D eigenvalue weighted by Gasteiger charge is 2.48. The summed E-state index contributed by atoms with van der Waals surface area (Å²) >= 11 is 0. The predicted molar refractivity (Wildman–Crippen MR) is 147 cm³/mol. The molecule has 5 N–H and O–H groups in total. The third-order valence-corrected chi connectivity index (χ3v) is 6.84. The normalized spacial score (nSPS) is 14.8. The number of aliphatic hydroxyl groups excluding tert-OH is 1. The van der Waals surface area contributed by atoms with Crippen molar-refractivity contribution in [2.45, 2.75) is 77.5 Å². The fourth-order valence-electron chi connectivity index (χ4n) is 4.40. The summed E-state index contributed by atoms with van der Waals surface area (Å²) in [4.78, 5) is 12.9. The van der Waals surface area contributed by atoms with Gasteiger partial charge >= 0.3 is 5.97 Å². The smallest absolute Gasteiger partial charge is 0.313 e. The number of hydrogen-bond donors (Lipinski definition) is 3. The second kappa shape index (κ2) is 11.7. The van der Waals surface area contributed by atoms with E-state index >= 15 is 0 Å². The van der Waals surface area contributed by atoms with Crippen LogP contribution in [0.25, 0.3) is 22.3 Å². The largest absolute Gasteiger partial charge is 0.491 e. The Labute approximate surface area is 220 Å². The Bertz CT molecular complexity index is 1160. The van der Waals surface area contributed by atoms with Gasteiger partial charge in [0.2, 0.25) is 0 Å². The van der Waals surface area contributed by atoms with Gasteiger partial charge in [-0.1, -0.05) is 30.3 Å². The standard InChI is InChI=1S/C30H42N2O5/c1-28(2,31)20-30(5,29(3,4)32)27(34)35-16-10-9-13-23(33)19-36-24-15-14-22-17-25(37-26(22)18-24)21-11-7-6-8-12-21/h6-8,11-12,14-15,17-18,23,33H,9-10,13,16,19-20,31-32H2,1-5H3. The molecule has 2 atom stereocenters. The van der Waals surface area contributed by atoms with Crippen LogP contribution in [0.5, 0.6) is 5.75 Å². The number of rotatable bonds is 13. The van der Waals surface area contributed by atoms with Crippen LogP contribution in [-0.4, -0.2) is 41.5 Å². The van der Waals surface area contributed by atoms with Gasteiger partial charge in [-0.15, -0.1) is 0 Å². The molecule has 0 fully saturated rings. The molecule has 37 heavy (non-hydrogen) atoms. The first-order valence-electron chi connectivity index (χ1n) is 12.9. The summed E-state index contributed by atoms with van der Waals surface area (Å²) in [6.45, 7) is 9.65. The van der Waals surface area contributed by atoms with Crippen molar-refractivity contribution in [2.75, 3.05) is 13.2 Å². The van der Waals surface area contributed by atoms with Crippen molar-refractivity contribution in [3.63, 3.8) is 0 Å². The second-order valence-corrected chi connectivity index (χ2v) is 11.5. The molecule has 0 saturated heterocycles. The number of carbonyl (C=O) groups is 1. The van der Waals surface area contributed by atoms with E-state index in [2.05, 4.69) is 0 Å². The van der Waals surface area contributed by atoms with E-state index in [0.717, 1.165) is 22.3 Å². The highest BCUT2D eigenvalue weighted by molar-refractivity contribution is 5.84. The molecule has 0 saturated carbocycles. The highest BCUT2D eigenvalue weighted by Crippen LogP contribution is 2.38. The Morgan fingerprint density at radius 3 is 2.35 bits per heavy atom. The van der Waals surface area contributed by atoms with Gasteiger partial charge in [0.1, 0.15) is 23.7 Å². The molecule has 0 aliphatic heterocycles. The Balaban J connectivity index is 1.42. The van der Waals surface area contributed by atoms with Gasteiger partial charge in [0.25, 0.3) is 0 Å². The Morgan fingerprint density at radius 1 is 1.00 bits per heavy atom. The molecular formula is C30H42N2O5. The first kappa shape index (κ1) is 28.7. The molecule has 1 aromatic heterocycles. The van der Waals surface area contributed by atoms with E-state index in [1.165, 1.54) is 0 Å². The summed E-state index contributed by atoms with van der Waals surface area (Å²) in [5, 5.41) is 11.4. The zero-order chi connectivity index (χ0) is 27.3. The third kappa shape index (κ3) is 7.81. The van der Waals surface area contributed by atoms with E-state index in [0.29, 0.717) is 31.4 Å². The van der Waals surface area contributed by atoms with Crippen molar-refractivity contribution in [3.8, 4) is 17.1 Å². The Hall–Kier alpha value is -2.87. The van der Waals surface area contributed by atoms with Crippen LogP contribution in [0.4, 0.5) is 0 Å². The molecule has 0 radical (unpaired) electrons. The van der Waals surface area contributed by atoms with Crippen LogP contribution in [0.1, 0.15) is 60.3 Å². The van der Waals surface area contributed by atoms with E-state index in [1.54, 1.807) is 0 Å². The molecule has 3 rings (SSSR count). The fraction of sp³-hybridized carbons (Fsp3) is 0.500. The van der Waals surface area contributed by atoms with Crippen molar-refractivity contribution >= 4 is 16.9 Å². The molecule has 0 aliphatic carbocycles. The molecule has 0 spiro atoms. The summed E-state index contributed by atoms with van der Waals surface area (Å²) in [6.07, 6.45) is 1.65. The Morgan fingerprint density at radius 2 is 1.70 bits per heavy atom. The Kier molecular flexibility index (Phi) is 9.05. The van der Waals surface area contributed by atoms with Crippen LogP contribution in [0.3, 0.4) is 0 Å². The van der Waals surface area contributed by atoms with Crippen LogP contribution >= 0.6 is 0 Å². The summed E-state index contributed by atoms with van der Waals surface area (Å²) in [5.74, 6) is 1.10. The maximum absolute atomic E-state index is 12.9. The van der Waals surface area contributed by atoms with Gasteiger partial charge in [-0.05, 0) is 78.5 Å². The summed E-state index contributed by atoms with van der Waals surface area (Å²) < 4.78 is 17.3. The number of nitrogens with two attached hydrogens (primary N) is 2. The third-order valence-electron chi connectivity index (χ3n) is 6.84. The number of hydrogen-bond acceptors (Lipinski definition) is 7. The predicted octanol–water partition coefficient (Wildman–Crippen LogP) is 5.42. The number of carbonyl (C=O) groups excluding carboxylic acids is 1. The van der Waals surface area contributed by atoms with E-state index < -0.39 is 22.6 Å². The number of esters is 1. The molecule has 2 aromatic carbocycles. The summed E-state index contributed by atoms with van der Waals surface area (Å²) in [7, 11) is 0. The number of ether oxygens (including phenoxy) is 2. The lowest BCUT2D eigenvalue weighted by atomic mass is 9.67. The molecule has 2 unspecified atom stereocenters. The van der Waals surface area contributed by atoms with Crippen LogP contribution in [0.15, 0.2) is 59.0 Å².